The fraction of sp³-hybridized carbons (Fsp3) is 0.455. The van der Waals surface area contributed by atoms with Crippen LogP contribution in [-0.2, 0) is 0 Å². The minimum absolute atomic E-state index is 0.0395. The van der Waals surface area contributed by atoms with Crippen LogP contribution in [0.1, 0.15) is 23.2 Å². The highest BCUT2D eigenvalue weighted by Gasteiger charge is 2.27. The molecule has 86 valence electrons. The molecule has 1 saturated carbocycles. The van der Waals surface area contributed by atoms with E-state index in [4.69, 9.17) is 5.11 Å². The Morgan fingerprint density at radius 1 is 1.62 bits per heavy atom. The average molecular weight is 224 g/mol. The minimum atomic E-state index is -0.756. The average Bonchev–Trinajstić information content (AvgIpc) is 2.23. The Balaban J connectivity index is 1.86. The van der Waals surface area contributed by atoms with Gasteiger partial charge in [-0.05, 0) is 30.9 Å². The molecule has 0 atom stereocenters. The molecule has 16 heavy (non-hydrogen) atoms. The second-order valence-corrected chi connectivity index (χ2v) is 4.04. The van der Waals surface area contributed by atoms with Crippen LogP contribution in [0.4, 0.5) is 4.39 Å². The second kappa shape index (κ2) is 4.57. The highest BCUT2D eigenvalue weighted by molar-refractivity contribution is 5.94. The van der Waals surface area contributed by atoms with Crippen LogP contribution in [0.2, 0.25) is 0 Å². The van der Waals surface area contributed by atoms with Gasteiger partial charge in [-0.3, -0.25) is 4.79 Å². The van der Waals surface area contributed by atoms with Gasteiger partial charge in [0.05, 0.1) is 11.7 Å². The summed E-state index contributed by atoms with van der Waals surface area (Å²) in [6.45, 7) is 0.476. The van der Waals surface area contributed by atoms with E-state index in [-0.39, 0.29) is 11.7 Å². The van der Waals surface area contributed by atoms with Crippen LogP contribution in [0.15, 0.2) is 18.3 Å². The number of aliphatic hydroxyl groups is 1. The zero-order valence-corrected chi connectivity index (χ0v) is 8.69. The van der Waals surface area contributed by atoms with E-state index in [2.05, 4.69) is 10.3 Å². The number of carbonyl (C=O) groups is 1. The SMILES string of the molecule is O=C(NCC1CC(O)C1)c1cccnc1F. The predicted octanol–water partition coefficient (Wildman–Crippen LogP) is 0.721. The van der Waals surface area contributed by atoms with Crippen LogP contribution in [0.3, 0.4) is 0 Å². The molecule has 1 aliphatic rings. The molecule has 1 fully saturated rings. The summed E-state index contributed by atoms with van der Waals surface area (Å²) >= 11 is 0. The number of rotatable bonds is 3. The number of pyridine rings is 1. The maximum Gasteiger partial charge on any atom is 0.255 e. The van der Waals surface area contributed by atoms with Crippen LogP contribution < -0.4 is 5.32 Å². The van der Waals surface area contributed by atoms with Gasteiger partial charge in [-0.15, -0.1) is 0 Å². The molecular formula is C11H13FN2O2. The number of halogens is 1. The summed E-state index contributed by atoms with van der Waals surface area (Å²) in [4.78, 5) is 14.9. The van der Waals surface area contributed by atoms with Crippen molar-refractivity contribution in [3.8, 4) is 0 Å². The molecule has 0 radical (unpaired) electrons. The van der Waals surface area contributed by atoms with E-state index in [1.54, 1.807) is 0 Å². The highest BCUT2D eigenvalue weighted by Crippen LogP contribution is 2.26. The summed E-state index contributed by atoms with van der Waals surface area (Å²) in [5, 5.41) is 11.7. The first-order chi connectivity index (χ1) is 7.66. The maximum absolute atomic E-state index is 13.1. The number of nitrogens with one attached hydrogen (secondary N) is 1. The monoisotopic (exact) mass is 224 g/mol. The van der Waals surface area contributed by atoms with E-state index in [0.717, 1.165) is 0 Å². The molecule has 2 N–H and O–H groups in total. The molecule has 5 heteroatoms. The Hall–Kier alpha value is -1.49. The third kappa shape index (κ3) is 2.36. The largest absolute Gasteiger partial charge is 0.393 e. The van der Waals surface area contributed by atoms with Crippen LogP contribution >= 0.6 is 0 Å². The molecule has 1 aromatic heterocycles. The Labute approximate surface area is 92.5 Å². The van der Waals surface area contributed by atoms with E-state index in [0.29, 0.717) is 25.3 Å². The van der Waals surface area contributed by atoms with Gasteiger partial charge in [0.15, 0.2) is 0 Å². The number of aromatic nitrogens is 1. The van der Waals surface area contributed by atoms with Crippen molar-refractivity contribution >= 4 is 5.91 Å². The highest BCUT2D eigenvalue weighted by atomic mass is 19.1. The van der Waals surface area contributed by atoms with Crippen molar-refractivity contribution in [3.05, 3.63) is 29.8 Å². The normalized spacial score (nSPS) is 23.6. The van der Waals surface area contributed by atoms with Gasteiger partial charge in [-0.1, -0.05) is 0 Å². The molecule has 1 aromatic rings. The van der Waals surface area contributed by atoms with Gasteiger partial charge in [-0.25, -0.2) is 4.98 Å². The molecule has 2 rings (SSSR count). The van der Waals surface area contributed by atoms with Crippen molar-refractivity contribution in [3.63, 3.8) is 0 Å². The quantitative estimate of drug-likeness (QED) is 0.744. The Bertz CT molecular complexity index is 391. The van der Waals surface area contributed by atoms with Gasteiger partial charge >= 0.3 is 0 Å². The summed E-state index contributed by atoms with van der Waals surface area (Å²) in [6, 6.07) is 2.92. The van der Waals surface area contributed by atoms with Crippen LogP contribution in [0.5, 0.6) is 0 Å². The molecule has 1 aliphatic carbocycles. The maximum atomic E-state index is 13.1. The van der Waals surface area contributed by atoms with Crippen molar-refractivity contribution in [2.24, 2.45) is 5.92 Å². The standard InChI is InChI=1S/C11H13FN2O2/c12-10-9(2-1-3-13-10)11(16)14-6-7-4-8(15)5-7/h1-3,7-8,15H,4-6H2,(H,14,16). The molecule has 1 amide bonds. The molecular weight excluding hydrogens is 211 g/mol. The van der Waals surface area contributed by atoms with Gasteiger partial charge in [0, 0.05) is 12.7 Å². The summed E-state index contributed by atoms with van der Waals surface area (Å²) in [6.07, 6.45) is 2.47. The second-order valence-electron chi connectivity index (χ2n) is 4.04. The first-order valence-corrected chi connectivity index (χ1v) is 5.23. The fourth-order valence-electron chi connectivity index (χ4n) is 1.75. The lowest BCUT2D eigenvalue weighted by atomic mass is 9.82. The van der Waals surface area contributed by atoms with E-state index in [1.165, 1.54) is 18.3 Å². The summed E-state index contributed by atoms with van der Waals surface area (Å²) < 4.78 is 13.1. The zero-order chi connectivity index (χ0) is 11.5. The summed E-state index contributed by atoms with van der Waals surface area (Å²) in [5.41, 5.74) is -0.0395. The van der Waals surface area contributed by atoms with Gasteiger partial charge in [0.2, 0.25) is 5.95 Å². The molecule has 1 heterocycles. The smallest absolute Gasteiger partial charge is 0.255 e. The van der Waals surface area contributed by atoms with Gasteiger partial charge in [0.1, 0.15) is 0 Å². The van der Waals surface area contributed by atoms with Gasteiger partial charge in [-0.2, -0.15) is 4.39 Å². The molecule has 0 spiro atoms. The first-order valence-electron chi connectivity index (χ1n) is 5.23. The van der Waals surface area contributed by atoms with Gasteiger partial charge < -0.3 is 10.4 Å². The molecule has 0 bridgehead atoms. The molecule has 4 nitrogen and oxygen atoms in total. The molecule has 0 aromatic carbocycles. The molecule has 0 saturated heterocycles. The predicted molar refractivity (Wildman–Crippen MR) is 55.3 cm³/mol. The van der Waals surface area contributed by atoms with Crippen molar-refractivity contribution in [2.75, 3.05) is 6.54 Å². The lowest BCUT2D eigenvalue weighted by Crippen LogP contribution is -2.38. The summed E-state index contributed by atoms with van der Waals surface area (Å²) in [5.74, 6) is -0.903. The lowest BCUT2D eigenvalue weighted by Gasteiger charge is -2.31. The minimum Gasteiger partial charge on any atom is -0.393 e. The Morgan fingerprint density at radius 2 is 2.38 bits per heavy atom. The molecule has 0 aliphatic heterocycles. The number of carbonyl (C=O) groups excluding carboxylic acids is 1. The van der Waals surface area contributed by atoms with Crippen LogP contribution in [0, 0.1) is 11.9 Å². The summed E-state index contributed by atoms with van der Waals surface area (Å²) in [7, 11) is 0. The van der Waals surface area contributed by atoms with E-state index >= 15 is 0 Å². The fourth-order valence-corrected chi connectivity index (χ4v) is 1.75. The van der Waals surface area contributed by atoms with E-state index < -0.39 is 11.9 Å². The number of nitrogens with zero attached hydrogens (tertiary/aromatic N) is 1. The molecule has 0 unspecified atom stereocenters. The number of hydrogen-bond acceptors (Lipinski definition) is 3. The van der Waals surface area contributed by atoms with Crippen LogP contribution in [-0.4, -0.2) is 28.6 Å². The number of hydrogen-bond donors (Lipinski definition) is 2. The number of aliphatic hydroxyl groups excluding tert-OH is 1. The van der Waals surface area contributed by atoms with Crippen LogP contribution in [0.25, 0.3) is 0 Å². The van der Waals surface area contributed by atoms with Crippen molar-refractivity contribution < 1.29 is 14.3 Å². The zero-order valence-electron chi connectivity index (χ0n) is 8.69. The van der Waals surface area contributed by atoms with Crippen molar-refractivity contribution in [2.45, 2.75) is 18.9 Å². The van der Waals surface area contributed by atoms with Crippen molar-refractivity contribution in [1.29, 1.82) is 0 Å². The van der Waals surface area contributed by atoms with E-state index in [9.17, 15) is 9.18 Å². The third-order valence-corrected chi connectivity index (χ3v) is 2.77. The Morgan fingerprint density at radius 3 is 3.00 bits per heavy atom. The topological polar surface area (TPSA) is 62.2 Å². The van der Waals surface area contributed by atoms with Crippen molar-refractivity contribution in [1.82, 2.24) is 10.3 Å². The third-order valence-electron chi connectivity index (χ3n) is 2.77. The lowest BCUT2D eigenvalue weighted by molar-refractivity contribution is 0.0419. The Kier molecular flexibility index (Phi) is 3.14. The van der Waals surface area contributed by atoms with Gasteiger partial charge in [0.25, 0.3) is 5.91 Å². The number of amides is 1. The first kappa shape index (κ1) is 11.0. The van der Waals surface area contributed by atoms with E-state index in [1.807, 2.05) is 0 Å².